The van der Waals surface area contributed by atoms with Crippen molar-refractivity contribution < 1.29 is 19.4 Å². The van der Waals surface area contributed by atoms with Crippen LogP contribution >= 0.6 is 15.9 Å². The van der Waals surface area contributed by atoms with Crippen LogP contribution in [0.2, 0.25) is 0 Å². The van der Waals surface area contributed by atoms with Crippen molar-refractivity contribution in [3.05, 3.63) is 125 Å². The van der Waals surface area contributed by atoms with E-state index in [1.807, 2.05) is 53.1 Å². The molecular weight excluding hydrogens is 548 g/mol. The standard InChI is InChI=1S/C14H10N2O2.C8H7BrO2.C7H6N2/c17-14(18)10-5-7-11(8-6-10)16-9-15-12-3-1-2-4-13(12)16;1-11-8(10)6-2-4-7(9)5-3-6;1-2-4-7-6(3-1)8-5-9-7/h1-9H,(H,17,18);2-5H,1H3;1-5H,(H,8,9). The molecule has 0 bridgehead atoms. The molecule has 0 radical (unpaired) electrons. The van der Waals surface area contributed by atoms with Crippen LogP contribution in [0.5, 0.6) is 0 Å². The molecule has 38 heavy (non-hydrogen) atoms. The summed E-state index contributed by atoms with van der Waals surface area (Å²) in [7, 11) is 1.37. The first kappa shape index (κ1) is 26.3. The predicted octanol–water partition coefficient (Wildman–Crippen LogP) is 6.52. The molecule has 0 saturated heterocycles. The Labute approximate surface area is 226 Å². The molecule has 190 valence electrons. The Balaban J connectivity index is 0.000000144. The van der Waals surface area contributed by atoms with Gasteiger partial charge in [-0.15, -0.1) is 0 Å². The van der Waals surface area contributed by atoms with Gasteiger partial charge in [-0.2, -0.15) is 0 Å². The first-order valence-corrected chi connectivity index (χ1v) is 12.2. The summed E-state index contributed by atoms with van der Waals surface area (Å²) in [5.74, 6) is -1.23. The van der Waals surface area contributed by atoms with Crippen molar-refractivity contribution in [2.24, 2.45) is 0 Å². The summed E-state index contributed by atoms with van der Waals surface area (Å²) >= 11 is 3.26. The highest BCUT2D eigenvalue weighted by Gasteiger charge is 2.06. The summed E-state index contributed by atoms with van der Waals surface area (Å²) in [5.41, 5.74) is 5.78. The summed E-state index contributed by atoms with van der Waals surface area (Å²) in [6.45, 7) is 0. The largest absolute Gasteiger partial charge is 0.478 e. The number of aromatic amines is 1. The van der Waals surface area contributed by atoms with Gasteiger partial charge in [-0.1, -0.05) is 40.2 Å². The molecule has 0 unspecified atom stereocenters. The zero-order valence-corrected chi connectivity index (χ0v) is 21.9. The second-order valence-electron chi connectivity index (χ2n) is 7.87. The van der Waals surface area contributed by atoms with Gasteiger partial charge in [0, 0.05) is 10.2 Å². The van der Waals surface area contributed by atoms with Crippen LogP contribution in [0.3, 0.4) is 0 Å². The van der Waals surface area contributed by atoms with Crippen LogP contribution in [0.25, 0.3) is 27.8 Å². The molecule has 6 rings (SSSR count). The summed E-state index contributed by atoms with van der Waals surface area (Å²) in [6.07, 6.45) is 3.44. The number of carboxylic acids is 1. The number of esters is 1. The molecule has 2 aromatic heterocycles. The van der Waals surface area contributed by atoms with E-state index in [-0.39, 0.29) is 11.5 Å². The summed E-state index contributed by atoms with van der Waals surface area (Å²) in [4.78, 5) is 33.0. The van der Waals surface area contributed by atoms with Crippen LogP contribution in [0.1, 0.15) is 20.7 Å². The SMILES string of the molecule is COC(=O)c1ccc(Br)cc1.O=C(O)c1ccc(-n2cnc3ccccc32)cc1.c1ccc2[nH]cnc2c1. The topological polar surface area (TPSA) is 110 Å². The van der Waals surface area contributed by atoms with Gasteiger partial charge in [0.1, 0.15) is 6.33 Å². The molecule has 0 amide bonds. The average Bonchev–Trinajstić information content (AvgIpc) is 3.61. The maximum Gasteiger partial charge on any atom is 0.337 e. The number of rotatable bonds is 3. The number of nitrogens with one attached hydrogen (secondary N) is 1. The predicted molar refractivity (Wildman–Crippen MR) is 150 cm³/mol. The number of carbonyl (C=O) groups excluding carboxylic acids is 1. The van der Waals surface area contributed by atoms with Crippen molar-refractivity contribution in [3.63, 3.8) is 0 Å². The maximum atomic E-state index is 10.9. The normalized spacial score (nSPS) is 10.2. The van der Waals surface area contributed by atoms with E-state index >= 15 is 0 Å². The number of hydrogen-bond donors (Lipinski definition) is 2. The highest BCUT2D eigenvalue weighted by atomic mass is 79.9. The number of imidazole rings is 2. The lowest BCUT2D eigenvalue weighted by Gasteiger charge is -2.04. The Bertz CT molecular complexity index is 1630. The third-order valence-corrected chi connectivity index (χ3v) is 5.97. The van der Waals surface area contributed by atoms with Crippen molar-refractivity contribution in [2.75, 3.05) is 7.11 Å². The fourth-order valence-corrected chi connectivity index (χ4v) is 3.78. The maximum absolute atomic E-state index is 10.9. The van der Waals surface area contributed by atoms with Crippen molar-refractivity contribution in [1.29, 1.82) is 0 Å². The van der Waals surface area contributed by atoms with Crippen LogP contribution in [0, 0.1) is 0 Å². The molecule has 2 N–H and O–H groups in total. The Kier molecular flexibility index (Phi) is 8.63. The molecule has 2 heterocycles. The van der Waals surface area contributed by atoms with Crippen molar-refractivity contribution in [1.82, 2.24) is 19.5 Å². The van der Waals surface area contributed by atoms with Gasteiger partial charge in [-0.25, -0.2) is 19.6 Å². The number of H-pyrrole nitrogens is 1. The van der Waals surface area contributed by atoms with Gasteiger partial charge in [-0.05, 0) is 72.8 Å². The minimum atomic E-state index is -0.919. The number of ether oxygens (including phenoxy) is 1. The van der Waals surface area contributed by atoms with Gasteiger partial charge in [-0.3, -0.25) is 4.57 Å². The second kappa shape index (κ2) is 12.5. The quantitative estimate of drug-likeness (QED) is 0.234. The van der Waals surface area contributed by atoms with Gasteiger partial charge < -0.3 is 14.8 Å². The molecule has 0 aliphatic rings. The third-order valence-electron chi connectivity index (χ3n) is 5.44. The number of hydrogen-bond acceptors (Lipinski definition) is 5. The van der Waals surface area contributed by atoms with Crippen molar-refractivity contribution >= 4 is 49.9 Å². The molecule has 0 saturated carbocycles. The van der Waals surface area contributed by atoms with Gasteiger partial charge in [0.25, 0.3) is 0 Å². The van der Waals surface area contributed by atoms with Gasteiger partial charge >= 0.3 is 11.9 Å². The molecule has 0 atom stereocenters. The van der Waals surface area contributed by atoms with Gasteiger partial charge in [0.2, 0.25) is 0 Å². The third kappa shape index (κ3) is 6.51. The molecule has 9 heteroatoms. The van der Waals surface area contributed by atoms with Crippen molar-refractivity contribution in [2.45, 2.75) is 0 Å². The van der Waals surface area contributed by atoms with Gasteiger partial charge in [0.05, 0.1) is 46.6 Å². The number of nitrogens with zero attached hydrogens (tertiary/aromatic N) is 3. The molecule has 8 nitrogen and oxygen atoms in total. The van der Waals surface area contributed by atoms with Crippen LogP contribution in [0.15, 0.2) is 114 Å². The monoisotopic (exact) mass is 570 g/mol. The highest BCUT2D eigenvalue weighted by Crippen LogP contribution is 2.18. The zero-order valence-electron chi connectivity index (χ0n) is 20.3. The molecule has 0 fully saturated rings. The van der Waals surface area contributed by atoms with Crippen molar-refractivity contribution in [3.8, 4) is 5.69 Å². The number of aromatic nitrogens is 4. The Hall–Kier alpha value is -4.76. The fraction of sp³-hybridized carbons (Fsp3) is 0.0345. The van der Waals surface area contributed by atoms with E-state index in [4.69, 9.17) is 5.11 Å². The van der Waals surface area contributed by atoms with E-state index in [1.165, 1.54) is 7.11 Å². The number of halogens is 1. The van der Waals surface area contributed by atoms with E-state index in [9.17, 15) is 9.59 Å². The van der Waals surface area contributed by atoms with Crippen LogP contribution in [-0.2, 0) is 4.74 Å². The summed E-state index contributed by atoms with van der Waals surface area (Å²) < 4.78 is 7.40. The molecule has 0 spiro atoms. The number of carbonyl (C=O) groups is 2. The summed E-state index contributed by atoms with van der Waals surface area (Å²) in [6, 6.07) is 29.5. The Morgan fingerprint density at radius 1 is 0.816 bits per heavy atom. The van der Waals surface area contributed by atoms with E-state index in [0.717, 1.165) is 32.2 Å². The lowest BCUT2D eigenvalue weighted by atomic mass is 10.2. The number of para-hydroxylation sites is 4. The fourth-order valence-electron chi connectivity index (χ4n) is 3.51. The Morgan fingerprint density at radius 2 is 1.45 bits per heavy atom. The molecule has 0 aliphatic heterocycles. The van der Waals surface area contributed by atoms with E-state index in [1.54, 1.807) is 61.2 Å². The molecule has 0 aliphatic carbocycles. The van der Waals surface area contributed by atoms with Crippen LogP contribution < -0.4 is 0 Å². The second-order valence-corrected chi connectivity index (χ2v) is 8.79. The number of methoxy groups -OCH3 is 1. The molecule has 6 aromatic rings. The lowest BCUT2D eigenvalue weighted by Crippen LogP contribution is -1.99. The highest BCUT2D eigenvalue weighted by molar-refractivity contribution is 9.10. The van der Waals surface area contributed by atoms with Gasteiger partial charge in [0.15, 0.2) is 0 Å². The van der Waals surface area contributed by atoms with Crippen LogP contribution in [-0.4, -0.2) is 43.7 Å². The van der Waals surface area contributed by atoms with E-state index in [2.05, 4.69) is 35.6 Å². The number of fused-ring (bicyclic) bond motifs is 2. The first-order valence-electron chi connectivity index (χ1n) is 11.4. The Morgan fingerprint density at radius 3 is 2.11 bits per heavy atom. The number of aromatic carboxylic acids is 1. The first-order chi connectivity index (χ1) is 18.5. The minimum Gasteiger partial charge on any atom is -0.478 e. The average molecular weight is 571 g/mol. The number of benzene rings is 4. The smallest absolute Gasteiger partial charge is 0.337 e. The molecular formula is C29H23BrN4O4. The summed E-state index contributed by atoms with van der Waals surface area (Å²) in [5, 5.41) is 8.86. The van der Waals surface area contributed by atoms with E-state index < -0.39 is 5.97 Å². The number of carboxylic acid groups (broad SMARTS) is 1. The minimum absolute atomic E-state index is 0.281. The van der Waals surface area contributed by atoms with E-state index in [0.29, 0.717) is 5.56 Å². The lowest BCUT2D eigenvalue weighted by molar-refractivity contribution is 0.0599. The zero-order chi connectivity index (χ0) is 26.9. The molecule has 4 aromatic carbocycles. The van der Waals surface area contributed by atoms with Crippen LogP contribution in [0.4, 0.5) is 0 Å².